The second-order valence-electron chi connectivity index (χ2n) is 5.76. The Kier molecular flexibility index (Phi) is 7.16. The highest BCUT2D eigenvalue weighted by Gasteiger charge is 2.22. The zero-order valence-corrected chi connectivity index (χ0v) is 15.6. The molecule has 1 aliphatic heterocycles. The maximum atomic E-state index is 13.5. The van der Waals surface area contributed by atoms with Crippen molar-refractivity contribution in [2.24, 2.45) is 0 Å². The van der Waals surface area contributed by atoms with Crippen LogP contribution in [0, 0.1) is 12.7 Å². The van der Waals surface area contributed by atoms with E-state index in [1.807, 2.05) is 6.92 Å². The molecule has 1 saturated heterocycles. The zero-order chi connectivity index (χ0) is 16.9. The molecule has 1 aliphatic rings. The van der Waals surface area contributed by atoms with Crippen LogP contribution in [0.25, 0.3) is 0 Å². The van der Waals surface area contributed by atoms with E-state index in [4.69, 9.17) is 4.74 Å². The zero-order valence-electron chi connectivity index (χ0n) is 14.0. The SMILES string of the molecule is Cc1csc(CN2CCN(C(=O)COc3ccccc3F)CC2)n1.Cl. The molecule has 0 N–H and O–H groups in total. The van der Waals surface area contributed by atoms with Crippen LogP contribution in [-0.4, -0.2) is 53.5 Å². The number of hydrogen-bond donors (Lipinski definition) is 0. The normalized spacial score (nSPS) is 14.9. The second-order valence-corrected chi connectivity index (χ2v) is 6.70. The molecule has 2 heterocycles. The number of para-hydroxylation sites is 1. The molecule has 1 amide bonds. The van der Waals surface area contributed by atoms with Gasteiger partial charge in [-0.25, -0.2) is 9.37 Å². The molecule has 5 nitrogen and oxygen atoms in total. The molecule has 1 aromatic carbocycles. The van der Waals surface area contributed by atoms with Crippen LogP contribution in [0.3, 0.4) is 0 Å². The number of carbonyl (C=O) groups excluding carboxylic acids is 1. The third-order valence-electron chi connectivity index (χ3n) is 3.94. The van der Waals surface area contributed by atoms with Crippen LogP contribution in [0.1, 0.15) is 10.7 Å². The Morgan fingerprint density at radius 2 is 2.00 bits per heavy atom. The van der Waals surface area contributed by atoms with Crippen LogP contribution in [0.5, 0.6) is 5.75 Å². The van der Waals surface area contributed by atoms with Crippen molar-refractivity contribution in [3.05, 3.63) is 46.2 Å². The highest BCUT2D eigenvalue weighted by atomic mass is 35.5. The van der Waals surface area contributed by atoms with Crippen molar-refractivity contribution in [1.29, 1.82) is 0 Å². The number of aromatic nitrogens is 1. The molecule has 0 radical (unpaired) electrons. The lowest BCUT2D eigenvalue weighted by atomic mass is 10.3. The fourth-order valence-corrected chi connectivity index (χ4v) is 3.43. The second kappa shape index (κ2) is 9.12. The molecule has 0 atom stereocenters. The maximum Gasteiger partial charge on any atom is 0.260 e. The summed E-state index contributed by atoms with van der Waals surface area (Å²) < 4.78 is 18.8. The summed E-state index contributed by atoms with van der Waals surface area (Å²) in [7, 11) is 0. The van der Waals surface area contributed by atoms with Crippen LogP contribution in [0.4, 0.5) is 4.39 Å². The summed E-state index contributed by atoms with van der Waals surface area (Å²) in [5.74, 6) is -0.444. The van der Waals surface area contributed by atoms with E-state index < -0.39 is 5.82 Å². The molecular weight excluding hydrogens is 365 g/mol. The van der Waals surface area contributed by atoms with Gasteiger partial charge in [0.2, 0.25) is 0 Å². The largest absolute Gasteiger partial charge is 0.481 e. The number of ether oxygens (including phenoxy) is 1. The quantitative estimate of drug-likeness (QED) is 0.794. The topological polar surface area (TPSA) is 45.7 Å². The number of aryl methyl sites for hydroxylation is 1. The third kappa shape index (κ3) is 5.39. The number of hydrogen-bond acceptors (Lipinski definition) is 5. The van der Waals surface area contributed by atoms with E-state index in [1.165, 1.54) is 12.1 Å². The van der Waals surface area contributed by atoms with Gasteiger partial charge in [-0.05, 0) is 19.1 Å². The minimum atomic E-state index is -0.450. The highest BCUT2D eigenvalue weighted by molar-refractivity contribution is 7.09. The predicted octanol–water partition coefficient (Wildman–Crippen LogP) is 2.74. The van der Waals surface area contributed by atoms with Gasteiger partial charge in [-0.2, -0.15) is 0 Å². The van der Waals surface area contributed by atoms with Crippen LogP contribution in [0.2, 0.25) is 0 Å². The lowest BCUT2D eigenvalue weighted by molar-refractivity contribution is -0.135. The number of halogens is 2. The van der Waals surface area contributed by atoms with Gasteiger partial charge >= 0.3 is 0 Å². The van der Waals surface area contributed by atoms with Crippen molar-refractivity contribution in [2.75, 3.05) is 32.8 Å². The molecule has 25 heavy (non-hydrogen) atoms. The molecular formula is C17H21ClFN3O2S. The molecule has 0 saturated carbocycles. The lowest BCUT2D eigenvalue weighted by Gasteiger charge is -2.34. The van der Waals surface area contributed by atoms with Gasteiger partial charge in [0.25, 0.3) is 5.91 Å². The molecule has 0 spiro atoms. The summed E-state index contributed by atoms with van der Waals surface area (Å²) in [5.41, 5.74) is 1.05. The molecule has 136 valence electrons. The van der Waals surface area contributed by atoms with Crippen LogP contribution >= 0.6 is 23.7 Å². The summed E-state index contributed by atoms with van der Waals surface area (Å²) in [6.07, 6.45) is 0. The van der Waals surface area contributed by atoms with E-state index in [-0.39, 0.29) is 30.7 Å². The van der Waals surface area contributed by atoms with Gasteiger partial charge in [0, 0.05) is 37.3 Å². The molecule has 0 unspecified atom stereocenters. The van der Waals surface area contributed by atoms with Crippen LogP contribution in [0.15, 0.2) is 29.6 Å². The first-order valence-electron chi connectivity index (χ1n) is 7.90. The van der Waals surface area contributed by atoms with Crippen LogP contribution < -0.4 is 4.74 Å². The van der Waals surface area contributed by atoms with Crippen molar-refractivity contribution >= 4 is 29.7 Å². The Morgan fingerprint density at radius 1 is 1.28 bits per heavy atom. The van der Waals surface area contributed by atoms with E-state index in [0.717, 1.165) is 30.3 Å². The summed E-state index contributed by atoms with van der Waals surface area (Å²) in [4.78, 5) is 20.7. The number of nitrogens with zero attached hydrogens (tertiary/aromatic N) is 3. The van der Waals surface area contributed by atoms with E-state index in [9.17, 15) is 9.18 Å². The van der Waals surface area contributed by atoms with E-state index in [0.29, 0.717) is 13.1 Å². The molecule has 1 fully saturated rings. The van der Waals surface area contributed by atoms with Crippen molar-refractivity contribution in [1.82, 2.24) is 14.8 Å². The van der Waals surface area contributed by atoms with Crippen molar-refractivity contribution in [3.63, 3.8) is 0 Å². The Labute approximate surface area is 156 Å². The first-order valence-corrected chi connectivity index (χ1v) is 8.78. The number of amides is 1. The number of piperazine rings is 1. The fraction of sp³-hybridized carbons (Fsp3) is 0.412. The number of carbonyl (C=O) groups is 1. The Morgan fingerprint density at radius 3 is 2.64 bits per heavy atom. The molecule has 0 aliphatic carbocycles. The molecule has 1 aromatic heterocycles. The Balaban J connectivity index is 0.00000225. The molecule has 8 heteroatoms. The first-order chi connectivity index (χ1) is 11.6. The smallest absolute Gasteiger partial charge is 0.260 e. The minimum absolute atomic E-state index is 0. The molecule has 3 rings (SSSR count). The Bertz CT molecular complexity index is 705. The number of benzene rings is 1. The van der Waals surface area contributed by atoms with Gasteiger partial charge in [0.05, 0.1) is 6.54 Å². The maximum absolute atomic E-state index is 13.5. The Hall–Kier alpha value is -1.70. The van der Waals surface area contributed by atoms with E-state index >= 15 is 0 Å². The molecule has 2 aromatic rings. The van der Waals surface area contributed by atoms with Gasteiger partial charge < -0.3 is 9.64 Å². The van der Waals surface area contributed by atoms with Gasteiger partial charge in [-0.3, -0.25) is 9.69 Å². The van der Waals surface area contributed by atoms with E-state index in [1.54, 1.807) is 28.4 Å². The monoisotopic (exact) mass is 385 g/mol. The predicted molar refractivity (Wildman–Crippen MR) is 97.9 cm³/mol. The minimum Gasteiger partial charge on any atom is -0.481 e. The standard InChI is InChI=1S/C17H20FN3O2S.ClH/c1-13-12-24-16(19-13)10-20-6-8-21(9-7-20)17(22)11-23-15-5-3-2-4-14(15)18;/h2-5,12H,6-11H2,1H3;1H. The van der Waals surface area contributed by atoms with Crippen LogP contribution in [-0.2, 0) is 11.3 Å². The van der Waals surface area contributed by atoms with Crippen molar-refractivity contribution in [3.8, 4) is 5.75 Å². The number of thiazole rings is 1. The summed E-state index contributed by atoms with van der Waals surface area (Å²) >= 11 is 1.67. The summed E-state index contributed by atoms with van der Waals surface area (Å²) in [5, 5.41) is 3.16. The van der Waals surface area contributed by atoms with Crippen molar-refractivity contribution < 1.29 is 13.9 Å². The van der Waals surface area contributed by atoms with Gasteiger partial charge in [-0.1, -0.05) is 12.1 Å². The van der Waals surface area contributed by atoms with E-state index in [2.05, 4.69) is 15.3 Å². The van der Waals surface area contributed by atoms with Gasteiger partial charge in [0.15, 0.2) is 18.2 Å². The number of rotatable bonds is 5. The average Bonchev–Trinajstić information content (AvgIpc) is 2.99. The first kappa shape index (κ1) is 19.6. The fourth-order valence-electron chi connectivity index (χ4n) is 2.61. The highest BCUT2D eigenvalue weighted by Crippen LogP contribution is 2.16. The third-order valence-corrected chi connectivity index (χ3v) is 4.89. The van der Waals surface area contributed by atoms with Crippen molar-refractivity contribution in [2.45, 2.75) is 13.5 Å². The van der Waals surface area contributed by atoms with Gasteiger partial charge in [0.1, 0.15) is 5.01 Å². The average molecular weight is 386 g/mol. The molecule has 0 bridgehead atoms. The summed E-state index contributed by atoms with van der Waals surface area (Å²) in [6, 6.07) is 6.12. The van der Waals surface area contributed by atoms with Gasteiger partial charge in [-0.15, -0.1) is 23.7 Å². The lowest BCUT2D eigenvalue weighted by Crippen LogP contribution is -2.49. The summed E-state index contributed by atoms with van der Waals surface area (Å²) in [6.45, 7) is 5.62.